The van der Waals surface area contributed by atoms with E-state index in [2.05, 4.69) is 5.32 Å². The first-order valence-electron chi connectivity index (χ1n) is 7.57. The Bertz CT molecular complexity index is 682. The van der Waals surface area contributed by atoms with E-state index in [-0.39, 0.29) is 18.2 Å². The zero-order valence-electron chi connectivity index (χ0n) is 13.0. The summed E-state index contributed by atoms with van der Waals surface area (Å²) in [6.07, 6.45) is 1.02. The van der Waals surface area contributed by atoms with Crippen molar-refractivity contribution in [2.24, 2.45) is 11.7 Å². The van der Waals surface area contributed by atoms with Crippen molar-refractivity contribution in [2.75, 3.05) is 0 Å². The van der Waals surface area contributed by atoms with Crippen LogP contribution in [0.2, 0.25) is 0 Å². The zero-order chi connectivity index (χ0) is 16.1. The van der Waals surface area contributed by atoms with Crippen molar-refractivity contribution in [2.45, 2.75) is 32.7 Å². The van der Waals surface area contributed by atoms with Crippen LogP contribution in [0, 0.1) is 5.92 Å². The van der Waals surface area contributed by atoms with Gasteiger partial charge in [-0.25, -0.2) is 0 Å². The molecule has 22 heavy (non-hydrogen) atoms. The minimum Gasteiger partial charge on any atom is -0.368 e. The first-order valence-corrected chi connectivity index (χ1v) is 7.57. The molecule has 2 aromatic carbocycles. The molecule has 2 atom stereocenters. The maximum atomic E-state index is 12.2. The Morgan fingerprint density at radius 1 is 1.14 bits per heavy atom. The summed E-state index contributed by atoms with van der Waals surface area (Å²) < 4.78 is 0. The number of nitrogens with two attached hydrogens (primary N) is 1. The van der Waals surface area contributed by atoms with Gasteiger partial charge in [0.25, 0.3) is 0 Å². The van der Waals surface area contributed by atoms with E-state index in [9.17, 15) is 9.59 Å². The lowest BCUT2D eigenvalue weighted by Gasteiger charge is -2.21. The molecule has 0 radical (unpaired) electrons. The summed E-state index contributed by atoms with van der Waals surface area (Å²) in [7, 11) is 0. The fourth-order valence-corrected chi connectivity index (χ4v) is 2.49. The third-order valence-corrected chi connectivity index (χ3v) is 4.01. The molecule has 0 aliphatic carbocycles. The van der Waals surface area contributed by atoms with Gasteiger partial charge in [-0.15, -0.1) is 0 Å². The van der Waals surface area contributed by atoms with E-state index in [1.165, 1.54) is 0 Å². The van der Waals surface area contributed by atoms with Gasteiger partial charge in [-0.1, -0.05) is 62.7 Å². The molecule has 0 unspecified atom stereocenters. The lowest BCUT2D eigenvalue weighted by Crippen LogP contribution is -2.48. The molecule has 0 aliphatic rings. The van der Waals surface area contributed by atoms with Crippen LogP contribution < -0.4 is 11.1 Å². The molecule has 0 heterocycles. The lowest BCUT2D eigenvalue weighted by molar-refractivity contribution is -0.128. The van der Waals surface area contributed by atoms with Gasteiger partial charge in [-0.3, -0.25) is 9.59 Å². The van der Waals surface area contributed by atoms with Crippen LogP contribution in [-0.4, -0.2) is 17.9 Å². The van der Waals surface area contributed by atoms with E-state index in [1.54, 1.807) is 0 Å². The fourth-order valence-electron chi connectivity index (χ4n) is 2.49. The summed E-state index contributed by atoms with van der Waals surface area (Å²) >= 11 is 0. The first kappa shape index (κ1) is 16.0. The number of hydrogen-bond donors (Lipinski definition) is 2. The average molecular weight is 298 g/mol. The van der Waals surface area contributed by atoms with E-state index in [1.807, 2.05) is 56.3 Å². The third-order valence-electron chi connectivity index (χ3n) is 4.01. The van der Waals surface area contributed by atoms with Crippen molar-refractivity contribution in [1.82, 2.24) is 5.32 Å². The Labute approximate surface area is 130 Å². The van der Waals surface area contributed by atoms with Crippen molar-refractivity contribution >= 4 is 22.6 Å². The Kier molecular flexibility index (Phi) is 5.15. The molecule has 0 fully saturated rings. The number of carbonyl (C=O) groups excluding carboxylic acids is 2. The Hall–Kier alpha value is -2.36. The number of benzene rings is 2. The highest BCUT2D eigenvalue weighted by Crippen LogP contribution is 2.16. The normalized spacial score (nSPS) is 13.5. The van der Waals surface area contributed by atoms with E-state index in [0.29, 0.717) is 0 Å². The van der Waals surface area contributed by atoms with Gasteiger partial charge < -0.3 is 11.1 Å². The number of fused-ring (bicyclic) bond motifs is 1. The van der Waals surface area contributed by atoms with Crippen molar-refractivity contribution < 1.29 is 9.59 Å². The highest BCUT2D eigenvalue weighted by atomic mass is 16.2. The van der Waals surface area contributed by atoms with Crippen LogP contribution in [0.5, 0.6) is 0 Å². The maximum Gasteiger partial charge on any atom is 0.240 e. The molecule has 3 N–H and O–H groups in total. The van der Waals surface area contributed by atoms with Crippen LogP contribution in [0.4, 0.5) is 0 Å². The highest BCUT2D eigenvalue weighted by molar-refractivity contribution is 5.89. The van der Waals surface area contributed by atoms with Gasteiger partial charge in [-0.2, -0.15) is 0 Å². The van der Waals surface area contributed by atoms with Crippen molar-refractivity contribution in [3.63, 3.8) is 0 Å². The SMILES string of the molecule is CC[C@H](C)[C@H](NC(=O)Cc1ccc2ccccc2c1)C(N)=O. The standard InChI is InChI=1S/C18H22N2O2/c1-3-12(2)17(18(19)22)20-16(21)11-13-8-9-14-6-4-5-7-15(14)10-13/h4-10,12,17H,3,11H2,1-2H3,(H2,19,22)(H,20,21)/t12-,17-/m0/s1. The van der Waals surface area contributed by atoms with Crippen molar-refractivity contribution in [1.29, 1.82) is 0 Å². The summed E-state index contributed by atoms with van der Waals surface area (Å²) in [5, 5.41) is 4.99. The molecular weight excluding hydrogens is 276 g/mol. The molecule has 0 bridgehead atoms. The first-order chi connectivity index (χ1) is 10.5. The van der Waals surface area contributed by atoms with Gasteiger partial charge in [0.1, 0.15) is 6.04 Å². The highest BCUT2D eigenvalue weighted by Gasteiger charge is 2.23. The molecule has 2 rings (SSSR count). The van der Waals surface area contributed by atoms with Crippen LogP contribution in [0.1, 0.15) is 25.8 Å². The second-order valence-corrected chi connectivity index (χ2v) is 5.69. The molecule has 2 amide bonds. The zero-order valence-corrected chi connectivity index (χ0v) is 13.0. The summed E-state index contributed by atoms with van der Waals surface area (Å²) in [6.45, 7) is 3.88. The molecular formula is C18H22N2O2. The van der Waals surface area contributed by atoms with E-state index < -0.39 is 11.9 Å². The second-order valence-electron chi connectivity index (χ2n) is 5.69. The monoisotopic (exact) mass is 298 g/mol. The predicted octanol–water partition coefficient (Wildman–Crippen LogP) is 2.40. The topological polar surface area (TPSA) is 72.2 Å². The van der Waals surface area contributed by atoms with Crippen LogP contribution >= 0.6 is 0 Å². The summed E-state index contributed by atoms with van der Waals surface area (Å²) in [4.78, 5) is 23.6. The molecule has 0 saturated heterocycles. The third kappa shape index (κ3) is 3.85. The van der Waals surface area contributed by atoms with Crippen LogP contribution in [0.25, 0.3) is 10.8 Å². The Morgan fingerprint density at radius 2 is 1.82 bits per heavy atom. The van der Waals surface area contributed by atoms with Crippen molar-refractivity contribution in [3.05, 3.63) is 48.0 Å². The molecule has 0 aromatic heterocycles. The van der Waals surface area contributed by atoms with Gasteiger partial charge in [-0.05, 0) is 22.3 Å². The molecule has 0 saturated carbocycles. The van der Waals surface area contributed by atoms with Crippen LogP contribution in [-0.2, 0) is 16.0 Å². The average Bonchev–Trinajstić information content (AvgIpc) is 2.51. The largest absolute Gasteiger partial charge is 0.368 e. The Morgan fingerprint density at radius 3 is 2.45 bits per heavy atom. The quantitative estimate of drug-likeness (QED) is 0.859. The lowest BCUT2D eigenvalue weighted by atomic mass is 9.98. The summed E-state index contributed by atoms with van der Waals surface area (Å²) in [5.74, 6) is -0.640. The molecule has 2 aromatic rings. The smallest absolute Gasteiger partial charge is 0.240 e. The van der Waals surface area contributed by atoms with Gasteiger partial charge in [0.05, 0.1) is 6.42 Å². The van der Waals surface area contributed by atoms with E-state index >= 15 is 0 Å². The Balaban J connectivity index is 2.08. The minimum absolute atomic E-state index is 0.0260. The second kappa shape index (κ2) is 7.07. The van der Waals surface area contributed by atoms with Gasteiger partial charge in [0, 0.05) is 0 Å². The summed E-state index contributed by atoms with van der Waals surface area (Å²) in [6, 6.07) is 13.3. The molecule has 4 heteroatoms. The maximum absolute atomic E-state index is 12.2. The van der Waals surface area contributed by atoms with E-state index in [0.717, 1.165) is 22.8 Å². The van der Waals surface area contributed by atoms with Crippen LogP contribution in [0.15, 0.2) is 42.5 Å². The van der Waals surface area contributed by atoms with E-state index in [4.69, 9.17) is 5.73 Å². The number of rotatable bonds is 6. The summed E-state index contributed by atoms with van der Waals surface area (Å²) in [5.41, 5.74) is 6.30. The van der Waals surface area contributed by atoms with Gasteiger partial charge in [0.15, 0.2) is 0 Å². The molecule has 116 valence electrons. The molecule has 0 spiro atoms. The number of carbonyl (C=O) groups is 2. The van der Waals surface area contributed by atoms with Gasteiger partial charge >= 0.3 is 0 Å². The molecule has 4 nitrogen and oxygen atoms in total. The fraction of sp³-hybridized carbons (Fsp3) is 0.333. The minimum atomic E-state index is -0.613. The van der Waals surface area contributed by atoms with Gasteiger partial charge in [0.2, 0.25) is 11.8 Å². The predicted molar refractivity (Wildman–Crippen MR) is 88.2 cm³/mol. The number of hydrogen-bond acceptors (Lipinski definition) is 2. The number of primary amides is 1. The number of amides is 2. The number of nitrogens with one attached hydrogen (secondary N) is 1. The van der Waals surface area contributed by atoms with Crippen molar-refractivity contribution in [3.8, 4) is 0 Å². The molecule has 0 aliphatic heterocycles. The van der Waals surface area contributed by atoms with Crippen LogP contribution in [0.3, 0.4) is 0 Å².